The van der Waals surface area contributed by atoms with Crippen molar-refractivity contribution in [3.63, 3.8) is 0 Å². The number of amides is 1. The summed E-state index contributed by atoms with van der Waals surface area (Å²) in [6, 6.07) is 5.76. The topological polar surface area (TPSA) is 38.8 Å². The van der Waals surface area contributed by atoms with Gasteiger partial charge in [0.25, 0.3) is 5.91 Å². The average molecular weight is 261 g/mol. The molecule has 4 heteroatoms. The quantitative estimate of drug-likeness (QED) is 0.774. The molecule has 1 aromatic rings. The van der Waals surface area contributed by atoms with E-state index < -0.39 is 0 Å². The van der Waals surface area contributed by atoms with Crippen LogP contribution in [0, 0.1) is 0 Å². The second-order valence-corrected chi connectivity index (χ2v) is 5.79. The number of morpholine rings is 1. The maximum Gasteiger partial charge on any atom is 0.254 e. The van der Waals surface area contributed by atoms with Crippen LogP contribution in [-0.2, 0) is 10.2 Å². The summed E-state index contributed by atoms with van der Waals surface area (Å²) < 4.78 is 10.9. The Morgan fingerprint density at radius 3 is 2.74 bits per heavy atom. The fourth-order valence-corrected chi connectivity index (χ4v) is 2.60. The Bertz CT molecular complexity index is 504. The van der Waals surface area contributed by atoms with Crippen LogP contribution < -0.4 is 4.74 Å². The molecule has 4 nitrogen and oxygen atoms in total. The molecule has 0 N–H and O–H groups in total. The van der Waals surface area contributed by atoms with Crippen molar-refractivity contribution in [2.24, 2.45) is 0 Å². The minimum Gasteiger partial charge on any atom is -0.492 e. The van der Waals surface area contributed by atoms with Gasteiger partial charge in [-0.1, -0.05) is 13.8 Å². The largest absolute Gasteiger partial charge is 0.492 e. The van der Waals surface area contributed by atoms with Gasteiger partial charge in [-0.25, -0.2) is 0 Å². The van der Waals surface area contributed by atoms with Gasteiger partial charge >= 0.3 is 0 Å². The lowest BCUT2D eigenvalue weighted by molar-refractivity contribution is 0.0303. The zero-order valence-corrected chi connectivity index (χ0v) is 11.4. The summed E-state index contributed by atoms with van der Waals surface area (Å²) in [6.07, 6.45) is 0. The van der Waals surface area contributed by atoms with Crippen LogP contribution in [0.2, 0.25) is 0 Å². The van der Waals surface area contributed by atoms with Gasteiger partial charge in [0.2, 0.25) is 0 Å². The molecule has 19 heavy (non-hydrogen) atoms. The first-order valence-electron chi connectivity index (χ1n) is 6.72. The van der Waals surface area contributed by atoms with E-state index in [0.29, 0.717) is 32.9 Å². The fourth-order valence-electron chi connectivity index (χ4n) is 2.60. The summed E-state index contributed by atoms with van der Waals surface area (Å²) in [6.45, 7) is 7.57. The Balaban J connectivity index is 1.88. The molecule has 3 rings (SSSR count). The minimum absolute atomic E-state index is 0.0172. The molecule has 0 radical (unpaired) electrons. The molecular weight excluding hydrogens is 242 g/mol. The monoisotopic (exact) mass is 261 g/mol. The van der Waals surface area contributed by atoms with Gasteiger partial charge in [-0.15, -0.1) is 0 Å². The SMILES string of the molecule is CC1(C)COc2ccc(C(=O)N3CCOCC3)cc21. The number of carbonyl (C=O) groups excluding carboxylic acids is 1. The Morgan fingerprint density at radius 1 is 1.26 bits per heavy atom. The first-order chi connectivity index (χ1) is 9.08. The van der Waals surface area contributed by atoms with E-state index in [9.17, 15) is 4.79 Å². The van der Waals surface area contributed by atoms with Crippen LogP contribution in [-0.4, -0.2) is 43.7 Å². The van der Waals surface area contributed by atoms with Gasteiger partial charge in [0, 0.05) is 29.6 Å². The average Bonchev–Trinajstić information content (AvgIpc) is 2.74. The standard InChI is InChI=1S/C15H19NO3/c1-15(2)10-19-13-4-3-11(9-12(13)15)14(17)16-5-7-18-8-6-16/h3-4,9H,5-8,10H2,1-2H3. The molecule has 0 bridgehead atoms. The van der Waals surface area contributed by atoms with Crippen molar-refractivity contribution in [1.82, 2.24) is 4.90 Å². The van der Waals surface area contributed by atoms with Crippen LogP contribution in [0.3, 0.4) is 0 Å². The number of carbonyl (C=O) groups is 1. The van der Waals surface area contributed by atoms with E-state index in [1.165, 1.54) is 0 Å². The Hall–Kier alpha value is -1.55. The molecule has 0 spiro atoms. The lowest BCUT2D eigenvalue weighted by atomic mass is 9.86. The molecule has 0 aromatic heterocycles. The number of benzene rings is 1. The van der Waals surface area contributed by atoms with Crippen molar-refractivity contribution in [3.05, 3.63) is 29.3 Å². The van der Waals surface area contributed by atoms with E-state index in [1.54, 1.807) is 0 Å². The Labute approximate surface area is 113 Å². The lowest BCUT2D eigenvalue weighted by Crippen LogP contribution is -2.40. The highest BCUT2D eigenvalue weighted by Gasteiger charge is 2.32. The van der Waals surface area contributed by atoms with E-state index >= 15 is 0 Å². The van der Waals surface area contributed by atoms with Crippen LogP contribution in [0.15, 0.2) is 18.2 Å². The number of hydrogen-bond acceptors (Lipinski definition) is 3. The maximum absolute atomic E-state index is 12.4. The molecule has 0 aliphatic carbocycles. The molecular formula is C15H19NO3. The number of fused-ring (bicyclic) bond motifs is 1. The van der Waals surface area contributed by atoms with Crippen LogP contribution in [0.5, 0.6) is 5.75 Å². The highest BCUT2D eigenvalue weighted by Crippen LogP contribution is 2.38. The van der Waals surface area contributed by atoms with Crippen molar-refractivity contribution in [1.29, 1.82) is 0 Å². The van der Waals surface area contributed by atoms with Crippen molar-refractivity contribution in [2.75, 3.05) is 32.9 Å². The fraction of sp³-hybridized carbons (Fsp3) is 0.533. The van der Waals surface area contributed by atoms with Crippen molar-refractivity contribution in [2.45, 2.75) is 19.3 Å². The van der Waals surface area contributed by atoms with E-state index in [-0.39, 0.29) is 11.3 Å². The Kier molecular flexibility index (Phi) is 2.97. The predicted molar refractivity (Wildman–Crippen MR) is 71.7 cm³/mol. The summed E-state index contributed by atoms with van der Waals surface area (Å²) in [5, 5.41) is 0. The van der Waals surface area contributed by atoms with E-state index in [2.05, 4.69) is 13.8 Å². The summed E-state index contributed by atoms with van der Waals surface area (Å²) in [4.78, 5) is 14.3. The first kappa shape index (κ1) is 12.5. The van der Waals surface area contributed by atoms with Gasteiger partial charge in [0.1, 0.15) is 5.75 Å². The van der Waals surface area contributed by atoms with Crippen LogP contribution in [0.1, 0.15) is 29.8 Å². The normalized spacial score (nSPS) is 20.8. The summed E-state index contributed by atoms with van der Waals surface area (Å²) in [7, 11) is 0. The molecule has 1 amide bonds. The van der Waals surface area contributed by atoms with Crippen LogP contribution in [0.4, 0.5) is 0 Å². The molecule has 1 fully saturated rings. The zero-order valence-electron chi connectivity index (χ0n) is 11.4. The van der Waals surface area contributed by atoms with Crippen LogP contribution in [0.25, 0.3) is 0 Å². The molecule has 102 valence electrons. The van der Waals surface area contributed by atoms with Crippen molar-refractivity contribution in [3.8, 4) is 5.75 Å². The number of nitrogens with zero attached hydrogens (tertiary/aromatic N) is 1. The first-order valence-corrected chi connectivity index (χ1v) is 6.72. The predicted octanol–water partition coefficient (Wildman–Crippen LogP) is 1.83. The number of hydrogen-bond donors (Lipinski definition) is 0. The second-order valence-electron chi connectivity index (χ2n) is 5.79. The Morgan fingerprint density at radius 2 is 2.00 bits per heavy atom. The lowest BCUT2D eigenvalue weighted by Gasteiger charge is -2.27. The van der Waals surface area contributed by atoms with Crippen LogP contribution >= 0.6 is 0 Å². The molecule has 2 aliphatic rings. The molecule has 1 aromatic carbocycles. The molecule has 0 saturated carbocycles. The van der Waals surface area contributed by atoms with Gasteiger partial charge in [0.05, 0.1) is 19.8 Å². The van der Waals surface area contributed by atoms with Crippen molar-refractivity contribution < 1.29 is 14.3 Å². The maximum atomic E-state index is 12.4. The third-order valence-electron chi connectivity index (χ3n) is 3.84. The van der Waals surface area contributed by atoms with Gasteiger partial charge < -0.3 is 14.4 Å². The van der Waals surface area contributed by atoms with E-state index in [4.69, 9.17) is 9.47 Å². The molecule has 2 heterocycles. The summed E-state index contributed by atoms with van der Waals surface area (Å²) in [5.74, 6) is 0.998. The molecule has 1 saturated heterocycles. The highest BCUT2D eigenvalue weighted by molar-refractivity contribution is 5.94. The number of ether oxygens (including phenoxy) is 2. The van der Waals surface area contributed by atoms with Gasteiger partial charge in [-0.2, -0.15) is 0 Å². The van der Waals surface area contributed by atoms with Gasteiger partial charge in [-0.05, 0) is 18.2 Å². The number of rotatable bonds is 1. The summed E-state index contributed by atoms with van der Waals surface area (Å²) in [5.41, 5.74) is 1.86. The second kappa shape index (κ2) is 4.53. The van der Waals surface area contributed by atoms with Crippen molar-refractivity contribution >= 4 is 5.91 Å². The summed E-state index contributed by atoms with van der Waals surface area (Å²) >= 11 is 0. The smallest absolute Gasteiger partial charge is 0.254 e. The third kappa shape index (κ3) is 2.21. The molecule has 2 aliphatic heterocycles. The van der Waals surface area contributed by atoms with E-state index in [1.807, 2.05) is 23.1 Å². The third-order valence-corrected chi connectivity index (χ3v) is 3.84. The van der Waals surface area contributed by atoms with Gasteiger partial charge in [0.15, 0.2) is 0 Å². The molecule has 0 atom stereocenters. The van der Waals surface area contributed by atoms with Gasteiger partial charge in [-0.3, -0.25) is 4.79 Å². The minimum atomic E-state index is -0.0172. The zero-order chi connectivity index (χ0) is 13.5. The van der Waals surface area contributed by atoms with E-state index in [0.717, 1.165) is 16.9 Å². The highest BCUT2D eigenvalue weighted by atomic mass is 16.5. The molecule has 0 unspecified atom stereocenters.